The molecule has 0 spiro atoms. The summed E-state index contributed by atoms with van der Waals surface area (Å²) in [4.78, 5) is 25.0. The molecule has 0 fully saturated rings. The molecule has 7 heteroatoms. The van der Waals surface area contributed by atoms with Crippen molar-refractivity contribution in [3.63, 3.8) is 0 Å². The third-order valence-corrected chi connectivity index (χ3v) is 4.76. The summed E-state index contributed by atoms with van der Waals surface area (Å²) in [5.41, 5.74) is 7.55. The number of nitrogens with one attached hydrogen (secondary N) is 3. The molecule has 0 atom stereocenters. The summed E-state index contributed by atoms with van der Waals surface area (Å²) in [7, 11) is 0. The van der Waals surface area contributed by atoms with Gasteiger partial charge < -0.3 is 0 Å². The molecule has 0 saturated heterocycles. The predicted octanol–water partition coefficient (Wildman–Crippen LogP) is 3.76. The maximum Gasteiger partial charge on any atom is 0.269 e. The van der Waals surface area contributed by atoms with E-state index in [2.05, 4.69) is 16.2 Å². The van der Waals surface area contributed by atoms with Crippen LogP contribution in [0, 0.1) is 0 Å². The molecular formula is C21H17N3O2S2. The van der Waals surface area contributed by atoms with Gasteiger partial charge in [-0.05, 0) is 53.0 Å². The number of hydrogen-bond donors (Lipinski definition) is 3. The zero-order valence-electron chi connectivity index (χ0n) is 14.7. The van der Waals surface area contributed by atoms with E-state index in [9.17, 15) is 9.59 Å². The summed E-state index contributed by atoms with van der Waals surface area (Å²) < 4.78 is 0. The number of carbonyl (C=O) groups is 2. The highest BCUT2D eigenvalue weighted by Crippen LogP contribution is 2.19. The molecule has 5 nitrogen and oxygen atoms in total. The largest absolute Gasteiger partial charge is 0.298 e. The van der Waals surface area contributed by atoms with Gasteiger partial charge in [0.2, 0.25) is 5.91 Å². The smallest absolute Gasteiger partial charge is 0.269 e. The van der Waals surface area contributed by atoms with Gasteiger partial charge in [-0.1, -0.05) is 48.5 Å². The van der Waals surface area contributed by atoms with Crippen molar-refractivity contribution >= 4 is 46.6 Å². The molecule has 0 unspecified atom stereocenters. The van der Waals surface area contributed by atoms with Crippen molar-refractivity contribution in [3.05, 3.63) is 88.6 Å². The van der Waals surface area contributed by atoms with Crippen molar-refractivity contribution in [1.29, 1.82) is 0 Å². The minimum atomic E-state index is -0.382. The number of carbonyl (C=O) groups excluding carboxylic acids is 2. The van der Waals surface area contributed by atoms with E-state index in [1.54, 1.807) is 18.2 Å². The fourth-order valence-electron chi connectivity index (χ4n) is 2.36. The van der Waals surface area contributed by atoms with Crippen LogP contribution in [0.5, 0.6) is 0 Å². The van der Waals surface area contributed by atoms with E-state index in [0.717, 1.165) is 16.0 Å². The third-order valence-electron chi connectivity index (χ3n) is 3.72. The molecule has 0 aliphatic heterocycles. The lowest BCUT2D eigenvalue weighted by Gasteiger charge is -2.10. The lowest BCUT2D eigenvalue weighted by Crippen LogP contribution is -2.48. The topological polar surface area (TPSA) is 70.2 Å². The number of amides is 2. The monoisotopic (exact) mass is 407 g/mol. The molecule has 140 valence electrons. The molecule has 1 heterocycles. The van der Waals surface area contributed by atoms with E-state index in [1.165, 1.54) is 17.4 Å². The predicted molar refractivity (Wildman–Crippen MR) is 117 cm³/mol. The molecule has 2 amide bonds. The fraction of sp³-hybridized carbons (Fsp3) is 0. The minimum Gasteiger partial charge on any atom is -0.298 e. The molecule has 0 aliphatic carbocycles. The molecule has 2 aromatic carbocycles. The van der Waals surface area contributed by atoms with Crippen molar-refractivity contribution in [2.45, 2.75) is 0 Å². The van der Waals surface area contributed by atoms with Crippen LogP contribution in [0.25, 0.3) is 17.2 Å². The molecule has 3 N–H and O–H groups in total. The first-order chi connectivity index (χ1) is 13.6. The van der Waals surface area contributed by atoms with Gasteiger partial charge in [-0.3, -0.25) is 25.8 Å². The molecule has 1 aromatic heterocycles. The van der Waals surface area contributed by atoms with E-state index in [4.69, 9.17) is 12.2 Å². The average molecular weight is 408 g/mol. The normalized spacial score (nSPS) is 10.4. The second-order valence-electron chi connectivity index (χ2n) is 5.69. The van der Waals surface area contributed by atoms with Crippen LogP contribution in [0.4, 0.5) is 0 Å². The summed E-state index contributed by atoms with van der Waals surface area (Å²) in [6.07, 6.45) is 3.07. The van der Waals surface area contributed by atoms with Gasteiger partial charge in [-0.25, -0.2) is 0 Å². The molecule has 0 bridgehead atoms. The number of rotatable bonds is 4. The van der Waals surface area contributed by atoms with Crippen molar-refractivity contribution < 1.29 is 9.59 Å². The lowest BCUT2D eigenvalue weighted by atomic mass is 10.0. The first-order valence-corrected chi connectivity index (χ1v) is 9.69. The van der Waals surface area contributed by atoms with Gasteiger partial charge in [-0.2, -0.15) is 0 Å². The Morgan fingerprint density at radius 1 is 0.857 bits per heavy atom. The number of hydrazine groups is 1. The summed E-state index contributed by atoms with van der Waals surface area (Å²) in [6.45, 7) is 0. The Hall–Kier alpha value is -3.29. The number of thiophene rings is 1. The van der Waals surface area contributed by atoms with Crippen LogP contribution in [0.2, 0.25) is 0 Å². The maximum atomic E-state index is 12.2. The molecular weight excluding hydrogens is 390 g/mol. The Morgan fingerprint density at radius 2 is 1.57 bits per heavy atom. The van der Waals surface area contributed by atoms with E-state index in [-0.39, 0.29) is 16.9 Å². The van der Waals surface area contributed by atoms with Crippen molar-refractivity contribution in [2.24, 2.45) is 0 Å². The summed E-state index contributed by atoms with van der Waals surface area (Å²) in [6, 6.07) is 20.9. The molecule has 3 aromatic rings. The SMILES string of the molecule is O=C(C=Cc1cccs1)NC(=S)NNC(=O)c1ccc(-c2ccccc2)cc1. The van der Waals surface area contributed by atoms with Crippen LogP contribution in [0.1, 0.15) is 15.2 Å². The highest BCUT2D eigenvalue weighted by Gasteiger charge is 2.07. The average Bonchev–Trinajstić information content (AvgIpc) is 3.25. The van der Waals surface area contributed by atoms with Crippen LogP contribution >= 0.6 is 23.6 Å². The van der Waals surface area contributed by atoms with Gasteiger partial charge in [-0.15, -0.1) is 11.3 Å². The standard InChI is InChI=1S/C21H17N3O2S2/c25-19(13-12-18-7-4-14-28-18)22-21(27)24-23-20(26)17-10-8-16(9-11-17)15-5-2-1-3-6-15/h1-14H,(H,23,26)(H2,22,24,25,27). The summed E-state index contributed by atoms with van der Waals surface area (Å²) in [5, 5.41) is 4.40. The third kappa shape index (κ3) is 5.60. The quantitative estimate of drug-likeness (QED) is 0.350. The number of hydrogen-bond acceptors (Lipinski definition) is 4. The molecule has 0 saturated carbocycles. The fourth-order valence-corrected chi connectivity index (χ4v) is 3.13. The van der Waals surface area contributed by atoms with Crippen LogP contribution in [0.3, 0.4) is 0 Å². The molecule has 0 aliphatic rings. The van der Waals surface area contributed by atoms with E-state index < -0.39 is 0 Å². The second-order valence-corrected chi connectivity index (χ2v) is 7.08. The first-order valence-electron chi connectivity index (χ1n) is 8.40. The van der Waals surface area contributed by atoms with E-state index in [0.29, 0.717) is 5.56 Å². The molecule has 0 radical (unpaired) electrons. The zero-order valence-corrected chi connectivity index (χ0v) is 16.3. The van der Waals surface area contributed by atoms with E-state index >= 15 is 0 Å². The summed E-state index contributed by atoms with van der Waals surface area (Å²) in [5.74, 6) is -0.738. The van der Waals surface area contributed by atoms with Gasteiger partial charge in [0.1, 0.15) is 0 Å². The minimum absolute atomic E-state index is 0.00934. The van der Waals surface area contributed by atoms with Crippen molar-refractivity contribution in [1.82, 2.24) is 16.2 Å². The van der Waals surface area contributed by atoms with Gasteiger partial charge in [0.05, 0.1) is 0 Å². The Morgan fingerprint density at radius 3 is 2.25 bits per heavy atom. The van der Waals surface area contributed by atoms with Gasteiger partial charge in [0.15, 0.2) is 5.11 Å². The maximum absolute atomic E-state index is 12.2. The van der Waals surface area contributed by atoms with Crippen LogP contribution in [-0.4, -0.2) is 16.9 Å². The van der Waals surface area contributed by atoms with Crippen LogP contribution in [0.15, 0.2) is 78.2 Å². The first kappa shape index (κ1) is 19.5. The number of thiocarbonyl (C=S) groups is 1. The summed E-state index contributed by atoms with van der Waals surface area (Å²) >= 11 is 6.53. The lowest BCUT2D eigenvalue weighted by molar-refractivity contribution is -0.115. The number of benzene rings is 2. The zero-order chi connectivity index (χ0) is 19.8. The molecule has 28 heavy (non-hydrogen) atoms. The second kappa shape index (κ2) is 9.59. The van der Waals surface area contributed by atoms with Gasteiger partial charge >= 0.3 is 0 Å². The Labute approximate surface area is 172 Å². The highest BCUT2D eigenvalue weighted by atomic mass is 32.1. The van der Waals surface area contributed by atoms with Crippen molar-refractivity contribution in [3.8, 4) is 11.1 Å². The Bertz CT molecular complexity index is 982. The Kier molecular flexibility index (Phi) is 6.67. The van der Waals surface area contributed by atoms with Gasteiger partial charge in [0, 0.05) is 16.5 Å². The highest BCUT2D eigenvalue weighted by molar-refractivity contribution is 7.80. The van der Waals surface area contributed by atoms with Crippen LogP contribution < -0.4 is 16.2 Å². The molecule has 3 rings (SSSR count). The van der Waals surface area contributed by atoms with Gasteiger partial charge in [0.25, 0.3) is 5.91 Å². The van der Waals surface area contributed by atoms with E-state index in [1.807, 2.05) is 60.0 Å². The van der Waals surface area contributed by atoms with Crippen LogP contribution in [-0.2, 0) is 4.79 Å². The Balaban J connectivity index is 1.48. The van der Waals surface area contributed by atoms with Crippen molar-refractivity contribution in [2.75, 3.05) is 0 Å².